The van der Waals surface area contributed by atoms with E-state index in [0.29, 0.717) is 0 Å². The Hall–Kier alpha value is -1.25. The number of hydrogen-bond donors (Lipinski definition) is 2. The average Bonchev–Trinajstić information content (AvgIpc) is 2.21. The molecule has 8 heteroatoms. The topological polar surface area (TPSA) is 80.3 Å². The number of halogens is 1. The van der Waals surface area contributed by atoms with Crippen molar-refractivity contribution in [3.8, 4) is 0 Å². The van der Waals surface area contributed by atoms with E-state index in [9.17, 15) is 12.8 Å². The number of rotatable bonds is 6. The molecule has 1 rings (SSSR count). The van der Waals surface area contributed by atoms with Crippen LogP contribution in [0.25, 0.3) is 0 Å². The fourth-order valence-corrected chi connectivity index (χ4v) is 1.76. The minimum Gasteiger partial charge on any atom is -0.383 e. The summed E-state index contributed by atoms with van der Waals surface area (Å²) in [4.78, 5) is 3.31. The van der Waals surface area contributed by atoms with E-state index in [1.54, 1.807) is 0 Å². The Morgan fingerprint density at radius 2 is 2.25 bits per heavy atom. The van der Waals surface area contributed by atoms with E-state index in [1.807, 2.05) is 0 Å². The molecule has 0 fully saturated rings. The van der Waals surface area contributed by atoms with Crippen molar-refractivity contribution in [2.75, 3.05) is 25.0 Å². The lowest BCUT2D eigenvalue weighted by Gasteiger charge is -2.08. The Morgan fingerprint density at radius 1 is 1.50 bits per heavy atom. The Bertz CT molecular complexity index is 421. The first-order valence-corrected chi connectivity index (χ1v) is 5.90. The molecular weight excluding hydrogens is 237 g/mol. The number of aromatic nitrogens is 1. The lowest BCUT2D eigenvalue weighted by molar-refractivity contribution is 0.204. The fourth-order valence-electron chi connectivity index (χ4n) is 0.906. The second kappa shape index (κ2) is 5.73. The molecule has 16 heavy (non-hydrogen) atoms. The normalized spacial score (nSPS) is 11.4. The Morgan fingerprint density at radius 3 is 2.81 bits per heavy atom. The molecule has 0 unspecified atom stereocenters. The molecule has 0 aliphatic rings. The highest BCUT2D eigenvalue weighted by Gasteiger charge is 2.08. The van der Waals surface area contributed by atoms with E-state index in [1.165, 1.54) is 13.2 Å². The molecule has 0 atom stereocenters. The highest BCUT2D eigenvalue weighted by Crippen LogP contribution is 2.06. The van der Waals surface area contributed by atoms with Gasteiger partial charge in [0.15, 0.2) is 0 Å². The maximum absolute atomic E-state index is 12.4. The van der Waals surface area contributed by atoms with Gasteiger partial charge in [-0.1, -0.05) is 0 Å². The molecule has 1 aromatic rings. The first-order valence-electron chi connectivity index (χ1n) is 4.41. The fraction of sp³-hybridized carbons (Fsp3) is 0.375. The third-order valence-corrected chi connectivity index (χ3v) is 2.67. The summed E-state index contributed by atoms with van der Waals surface area (Å²) >= 11 is 0. The first-order chi connectivity index (χ1) is 7.53. The molecule has 0 aromatic carbocycles. The average molecular weight is 249 g/mol. The third-order valence-electron chi connectivity index (χ3n) is 1.58. The number of methoxy groups -OCH3 is 1. The van der Waals surface area contributed by atoms with Crippen molar-refractivity contribution < 1.29 is 17.5 Å². The highest BCUT2D eigenvalue weighted by atomic mass is 32.2. The van der Waals surface area contributed by atoms with E-state index in [-0.39, 0.29) is 18.8 Å². The van der Waals surface area contributed by atoms with Crippen LogP contribution in [-0.4, -0.2) is 33.7 Å². The molecule has 0 bridgehead atoms. The van der Waals surface area contributed by atoms with Gasteiger partial charge in [-0.05, 0) is 12.1 Å². The predicted octanol–water partition coefficient (Wildman–Crippen LogP) is 0.113. The molecular formula is C8H12FN3O3S. The molecule has 1 aromatic heterocycles. The van der Waals surface area contributed by atoms with Gasteiger partial charge in [-0.15, -0.1) is 0 Å². The van der Waals surface area contributed by atoms with Crippen LogP contribution in [0.15, 0.2) is 18.3 Å². The molecule has 0 radical (unpaired) electrons. The zero-order valence-corrected chi connectivity index (χ0v) is 9.42. The molecule has 0 saturated heterocycles. The van der Waals surface area contributed by atoms with E-state index >= 15 is 0 Å². The van der Waals surface area contributed by atoms with Crippen LogP contribution < -0.4 is 9.44 Å². The van der Waals surface area contributed by atoms with E-state index in [2.05, 4.69) is 19.2 Å². The maximum Gasteiger partial charge on any atom is 0.299 e. The molecule has 0 aliphatic heterocycles. The second-order valence-corrected chi connectivity index (χ2v) is 4.36. The zero-order valence-electron chi connectivity index (χ0n) is 8.60. The van der Waals surface area contributed by atoms with Crippen LogP contribution in [0.2, 0.25) is 0 Å². The number of anilines is 1. The van der Waals surface area contributed by atoms with Crippen molar-refractivity contribution in [2.45, 2.75) is 0 Å². The van der Waals surface area contributed by atoms with Gasteiger partial charge in [0.05, 0.1) is 18.5 Å². The van der Waals surface area contributed by atoms with Crippen LogP contribution >= 0.6 is 0 Å². The maximum atomic E-state index is 12.4. The summed E-state index contributed by atoms with van der Waals surface area (Å²) in [6.45, 7) is 0.420. The summed E-state index contributed by atoms with van der Waals surface area (Å²) in [5, 5.41) is 0. The summed E-state index contributed by atoms with van der Waals surface area (Å²) in [5.74, 6) is -0.671. The molecule has 6 nitrogen and oxygen atoms in total. The number of hydrogen-bond acceptors (Lipinski definition) is 4. The predicted molar refractivity (Wildman–Crippen MR) is 56.6 cm³/mol. The van der Waals surface area contributed by atoms with Gasteiger partial charge < -0.3 is 4.74 Å². The van der Waals surface area contributed by atoms with Gasteiger partial charge in [-0.25, -0.2) is 4.98 Å². The molecule has 0 aliphatic carbocycles. The Balaban J connectivity index is 2.55. The van der Waals surface area contributed by atoms with Crippen molar-refractivity contribution in [1.29, 1.82) is 0 Å². The van der Waals surface area contributed by atoms with Gasteiger partial charge in [0.1, 0.15) is 0 Å². The van der Waals surface area contributed by atoms with Crippen molar-refractivity contribution in [2.24, 2.45) is 0 Å². The van der Waals surface area contributed by atoms with Gasteiger partial charge in [-0.3, -0.25) is 4.72 Å². The lowest BCUT2D eigenvalue weighted by atomic mass is 10.4. The van der Waals surface area contributed by atoms with Crippen molar-refractivity contribution in [3.63, 3.8) is 0 Å². The van der Waals surface area contributed by atoms with Gasteiger partial charge in [0.25, 0.3) is 10.2 Å². The molecule has 0 saturated carbocycles. The minimum absolute atomic E-state index is 0.153. The molecule has 90 valence electrons. The van der Waals surface area contributed by atoms with Crippen LogP contribution in [-0.2, 0) is 14.9 Å². The van der Waals surface area contributed by atoms with Crippen LogP contribution in [0.5, 0.6) is 0 Å². The van der Waals surface area contributed by atoms with Crippen molar-refractivity contribution in [3.05, 3.63) is 24.3 Å². The highest BCUT2D eigenvalue weighted by molar-refractivity contribution is 7.90. The summed E-state index contributed by atoms with van der Waals surface area (Å²) in [6, 6.07) is 2.34. The molecule has 0 amide bonds. The third kappa shape index (κ3) is 4.51. The summed E-state index contributed by atoms with van der Waals surface area (Å²) in [5.41, 5.74) is 0.186. The second-order valence-electron chi connectivity index (χ2n) is 2.86. The quantitative estimate of drug-likeness (QED) is 0.554. The summed E-state index contributed by atoms with van der Waals surface area (Å²) in [7, 11) is -2.20. The number of ether oxygens (including phenoxy) is 1. The zero-order chi connectivity index (χ0) is 12.0. The van der Waals surface area contributed by atoms with Crippen LogP contribution in [0.4, 0.5) is 10.1 Å². The van der Waals surface area contributed by atoms with Gasteiger partial charge in [-0.2, -0.15) is 17.5 Å². The lowest BCUT2D eigenvalue weighted by Crippen LogP contribution is -2.32. The smallest absolute Gasteiger partial charge is 0.299 e. The summed E-state index contributed by atoms with van der Waals surface area (Å²) in [6.07, 6.45) is 1.09. The SMILES string of the molecule is COCCNS(=O)(=O)Nc1ccc(F)nc1. The number of nitrogens with zero attached hydrogens (tertiary/aromatic N) is 1. The monoisotopic (exact) mass is 249 g/mol. The number of pyridine rings is 1. The van der Waals surface area contributed by atoms with E-state index < -0.39 is 16.2 Å². The first kappa shape index (κ1) is 12.8. The summed E-state index contributed by atoms with van der Waals surface area (Å²) < 4.78 is 44.3. The molecule has 2 N–H and O–H groups in total. The minimum atomic E-state index is -3.66. The van der Waals surface area contributed by atoms with Crippen molar-refractivity contribution in [1.82, 2.24) is 9.71 Å². The van der Waals surface area contributed by atoms with Gasteiger partial charge in [0, 0.05) is 13.7 Å². The van der Waals surface area contributed by atoms with Crippen LogP contribution in [0.1, 0.15) is 0 Å². The van der Waals surface area contributed by atoms with Crippen LogP contribution in [0, 0.1) is 5.95 Å². The van der Waals surface area contributed by atoms with Crippen LogP contribution in [0.3, 0.4) is 0 Å². The standard InChI is InChI=1S/C8H12FN3O3S/c1-15-5-4-11-16(13,14)12-7-2-3-8(9)10-6-7/h2-3,6,11-12H,4-5H2,1H3. The number of nitrogens with one attached hydrogen (secondary N) is 2. The largest absolute Gasteiger partial charge is 0.383 e. The van der Waals surface area contributed by atoms with Crippen molar-refractivity contribution >= 4 is 15.9 Å². The van der Waals surface area contributed by atoms with Gasteiger partial charge in [0.2, 0.25) is 5.95 Å². The Labute approximate surface area is 93.0 Å². The molecule has 0 spiro atoms. The van der Waals surface area contributed by atoms with Gasteiger partial charge >= 0.3 is 0 Å². The Kier molecular flexibility index (Phi) is 4.59. The van der Waals surface area contributed by atoms with E-state index in [4.69, 9.17) is 0 Å². The van der Waals surface area contributed by atoms with E-state index in [0.717, 1.165) is 12.3 Å². The molecule has 1 heterocycles.